The second-order valence-corrected chi connectivity index (χ2v) is 9.30. The van der Waals surface area contributed by atoms with Gasteiger partial charge in [0.15, 0.2) is 0 Å². The summed E-state index contributed by atoms with van der Waals surface area (Å²) < 4.78 is 4.31. The zero-order valence-corrected chi connectivity index (χ0v) is 17.0. The molecule has 0 N–H and O–H groups in total. The molecule has 0 amide bonds. The monoisotopic (exact) mass is 372 g/mol. The molecule has 144 valence electrons. The SMILES string of the molecule is CC1(C)[C@@H]2CC[C@@]1(C)c1c2c(=O)n(Cc2ccccc2)n1Cc1ccccc1. The summed E-state index contributed by atoms with van der Waals surface area (Å²) in [5.41, 5.74) is 5.21. The smallest absolute Gasteiger partial charge is 0.270 e. The van der Waals surface area contributed by atoms with Crippen molar-refractivity contribution in [1.29, 1.82) is 0 Å². The van der Waals surface area contributed by atoms with Crippen LogP contribution in [0.4, 0.5) is 0 Å². The van der Waals surface area contributed by atoms with E-state index in [2.05, 4.69) is 61.9 Å². The molecule has 28 heavy (non-hydrogen) atoms. The van der Waals surface area contributed by atoms with Gasteiger partial charge in [0.25, 0.3) is 5.56 Å². The van der Waals surface area contributed by atoms with Crippen molar-refractivity contribution in [2.75, 3.05) is 0 Å². The average molecular weight is 373 g/mol. The molecular weight excluding hydrogens is 344 g/mol. The zero-order chi connectivity index (χ0) is 19.5. The van der Waals surface area contributed by atoms with Gasteiger partial charge in [-0.2, -0.15) is 0 Å². The van der Waals surface area contributed by atoms with E-state index in [1.807, 2.05) is 28.9 Å². The van der Waals surface area contributed by atoms with Crippen LogP contribution in [-0.4, -0.2) is 9.36 Å². The highest BCUT2D eigenvalue weighted by Crippen LogP contribution is 2.67. The highest BCUT2D eigenvalue weighted by molar-refractivity contribution is 5.45. The number of hydrogen-bond donors (Lipinski definition) is 0. The Morgan fingerprint density at radius 3 is 1.96 bits per heavy atom. The van der Waals surface area contributed by atoms with Crippen LogP contribution >= 0.6 is 0 Å². The molecule has 3 aromatic rings. The molecule has 5 rings (SSSR count). The van der Waals surface area contributed by atoms with Crippen molar-refractivity contribution in [2.45, 2.75) is 58.0 Å². The van der Waals surface area contributed by atoms with Gasteiger partial charge in [-0.15, -0.1) is 0 Å². The van der Waals surface area contributed by atoms with Crippen LogP contribution in [0, 0.1) is 5.41 Å². The van der Waals surface area contributed by atoms with Crippen molar-refractivity contribution in [3.8, 4) is 0 Å². The van der Waals surface area contributed by atoms with E-state index >= 15 is 0 Å². The van der Waals surface area contributed by atoms with E-state index < -0.39 is 0 Å². The topological polar surface area (TPSA) is 26.9 Å². The van der Waals surface area contributed by atoms with E-state index in [0.717, 1.165) is 18.5 Å². The fourth-order valence-corrected chi connectivity index (χ4v) is 5.77. The summed E-state index contributed by atoms with van der Waals surface area (Å²) >= 11 is 0. The molecule has 0 aliphatic heterocycles. The molecule has 0 unspecified atom stereocenters. The van der Waals surface area contributed by atoms with E-state index in [-0.39, 0.29) is 16.4 Å². The molecule has 0 radical (unpaired) electrons. The third kappa shape index (κ3) is 2.25. The Balaban J connectivity index is 1.71. The van der Waals surface area contributed by atoms with Crippen LogP contribution in [0.2, 0.25) is 0 Å². The summed E-state index contributed by atoms with van der Waals surface area (Å²) in [5.74, 6) is 0.374. The highest BCUT2D eigenvalue weighted by atomic mass is 16.1. The van der Waals surface area contributed by atoms with E-state index in [1.54, 1.807) is 0 Å². The fourth-order valence-electron chi connectivity index (χ4n) is 5.77. The van der Waals surface area contributed by atoms with Gasteiger partial charge in [0.2, 0.25) is 0 Å². The van der Waals surface area contributed by atoms with Crippen LogP contribution in [0.25, 0.3) is 0 Å². The van der Waals surface area contributed by atoms with Crippen LogP contribution in [-0.2, 0) is 18.5 Å². The molecular formula is C25H28N2O. The summed E-state index contributed by atoms with van der Waals surface area (Å²) in [6.07, 6.45) is 2.30. The van der Waals surface area contributed by atoms with Crippen molar-refractivity contribution in [3.05, 3.63) is 93.4 Å². The van der Waals surface area contributed by atoms with Gasteiger partial charge < -0.3 is 0 Å². The Hall–Kier alpha value is -2.55. The van der Waals surface area contributed by atoms with E-state index in [1.165, 1.54) is 23.2 Å². The van der Waals surface area contributed by atoms with E-state index in [0.29, 0.717) is 12.5 Å². The Labute approximate surface area is 166 Å². The lowest BCUT2D eigenvalue weighted by molar-refractivity contribution is 0.214. The maximum atomic E-state index is 13.6. The first-order chi connectivity index (χ1) is 13.4. The number of benzene rings is 2. The number of fused-ring (bicyclic) bond motifs is 5. The standard InChI is InChI=1S/C25H28N2O/c1-24(2)20-14-15-25(24,3)22-21(20)23(28)27(17-19-12-8-5-9-13-19)26(22)16-18-10-6-4-7-11-18/h4-13,20H,14-17H2,1-3H3/t20-,25+/m1/s1. The Morgan fingerprint density at radius 1 is 0.857 bits per heavy atom. The van der Waals surface area contributed by atoms with Gasteiger partial charge in [0, 0.05) is 11.0 Å². The molecule has 0 saturated heterocycles. The van der Waals surface area contributed by atoms with Crippen LogP contribution in [0.3, 0.4) is 0 Å². The predicted molar refractivity (Wildman–Crippen MR) is 113 cm³/mol. The third-order valence-electron chi connectivity index (χ3n) is 7.72. The van der Waals surface area contributed by atoms with Crippen molar-refractivity contribution >= 4 is 0 Å². The summed E-state index contributed by atoms with van der Waals surface area (Å²) in [7, 11) is 0. The second-order valence-electron chi connectivity index (χ2n) is 9.30. The van der Waals surface area contributed by atoms with Crippen molar-refractivity contribution in [2.24, 2.45) is 5.41 Å². The summed E-state index contributed by atoms with van der Waals surface area (Å²) in [4.78, 5) is 13.6. The predicted octanol–water partition coefficient (Wildman–Crippen LogP) is 4.92. The normalized spacial score (nSPS) is 24.5. The summed E-state index contributed by atoms with van der Waals surface area (Å²) in [6.45, 7) is 8.48. The van der Waals surface area contributed by atoms with Crippen LogP contribution in [0.5, 0.6) is 0 Å². The molecule has 2 bridgehead atoms. The number of aromatic nitrogens is 2. The quantitative estimate of drug-likeness (QED) is 0.638. The Morgan fingerprint density at radius 2 is 1.39 bits per heavy atom. The number of rotatable bonds is 4. The maximum absolute atomic E-state index is 13.6. The molecule has 1 saturated carbocycles. The number of nitrogens with zero attached hydrogens (tertiary/aromatic N) is 2. The molecule has 2 aliphatic carbocycles. The highest BCUT2D eigenvalue weighted by Gasteiger charge is 2.62. The molecule has 1 heterocycles. The van der Waals surface area contributed by atoms with Crippen molar-refractivity contribution in [1.82, 2.24) is 9.36 Å². The van der Waals surface area contributed by atoms with Gasteiger partial charge in [0.1, 0.15) is 0 Å². The number of hydrogen-bond acceptors (Lipinski definition) is 1. The third-order valence-corrected chi connectivity index (χ3v) is 7.72. The van der Waals surface area contributed by atoms with Gasteiger partial charge in [-0.3, -0.25) is 9.48 Å². The molecule has 1 aromatic heterocycles. The van der Waals surface area contributed by atoms with E-state index in [4.69, 9.17) is 0 Å². The van der Waals surface area contributed by atoms with Gasteiger partial charge in [-0.25, -0.2) is 4.68 Å². The summed E-state index contributed by atoms with van der Waals surface area (Å²) in [5, 5.41) is 0. The van der Waals surface area contributed by atoms with Gasteiger partial charge >= 0.3 is 0 Å². The first kappa shape index (κ1) is 17.5. The lowest BCUT2D eigenvalue weighted by atomic mass is 9.70. The first-order valence-electron chi connectivity index (χ1n) is 10.4. The Bertz CT molecular complexity index is 1070. The largest absolute Gasteiger partial charge is 0.281 e. The lowest BCUT2D eigenvalue weighted by Gasteiger charge is -2.36. The molecule has 2 atom stereocenters. The van der Waals surface area contributed by atoms with Crippen LogP contribution < -0.4 is 5.56 Å². The molecule has 3 nitrogen and oxygen atoms in total. The molecule has 0 spiro atoms. The van der Waals surface area contributed by atoms with Gasteiger partial charge in [-0.05, 0) is 35.3 Å². The van der Waals surface area contributed by atoms with Gasteiger partial charge in [0.05, 0.1) is 18.8 Å². The summed E-state index contributed by atoms with van der Waals surface area (Å²) in [6, 6.07) is 20.9. The minimum atomic E-state index is 0.0584. The molecule has 1 fully saturated rings. The van der Waals surface area contributed by atoms with Crippen molar-refractivity contribution < 1.29 is 0 Å². The first-order valence-corrected chi connectivity index (χ1v) is 10.4. The Kier molecular flexibility index (Phi) is 3.74. The van der Waals surface area contributed by atoms with Crippen LogP contribution in [0.1, 0.15) is 61.9 Å². The minimum Gasteiger partial charge on any atom is -0.281 e. The average Bonchev–Trinajstić information content (AvgIpc) is 3.16. The molecule has 2 aromatic carbocycles. The van der Waals surface area contributed by atoms with Gasteiger partial charge in [-0.1, -0.05) is 81.4 Å². The lowest BCUT2D eigenvalue weighted by Crippen LogP contribution is -2.36. The fraction of sp³-hybridized carbons (Fsp3) is 0.400. The maximum Gasteiger partial charge on any atom is 0.270 e. The van der Waals surface area contributed by atoms with Crippen LogP contribution in [0.15, 0.2) is 65.5 Å². The minimum absolute atomic E-state index is 0.0584. The zero-order valence-electron chi connectivity index (χ0n) is 17.0. The molecule has 3 heteroatoms. The molecule has 2 aliphatic rings. The van der Waals surface area contributed by atoms with Crippen molar-refractivity contribution in [3.63, 3.8) is 0 Å². The van der Waals surface area contributed by atoms with E-state index in [9.17, 15) is 4.79 Å². The second kappa shape index (κ2) is 5.97.